The Hall–Kier alpha value is -3.09. The fourth-order valence-electron chi connectivity index (χ4n) is 1.71. The van der Waals surface area contributed by atoms with Crippen molar-refractivity contribution in [2.24, 2.45) is 0 Å². The fourth-order valence-corrected chi connectivity index (χ4v) is 1.71. The molecule has 3 aromatic heterocycles. The first kappa shape index (κ1) is 12.9. The van der Waals surface area contributed by atoms with E-state index in [-0.39, 0.29) is 6.03 Å². The van der Waals surface area contributed by atoms with E-state index in [9.17, 15) is 4.79 Å². The molecular formula is C14H12N4O3. The summed E-state index contributed by atoms with van der Waals surface area (Å²) in [6.07, 6.45) is 4.87. The number of amides is 2. The van der Waals surface area contributed by atoms with Gasteiger partial charge in [0, 0.05) is 25.0 Å². The van der Waals surface area contributed by atoms with E-state index < -0.39 is 0 Å². The monoisotopic (exact) mass is 284 g/mol. The molecule has 2 N–H and O–H groups in total. The number of hydrogen-bond acceptors (Lipinski definition) is 5. The van der Waals surface area contributed by atoms with Gasteiger partial charge in [0.2, 0.25) is 5.76 Å². The highest BCUT2D eigenvalue weighted by molar-refractivity contribution is 5.88. The molecule has 0 radical (unpaired) electrons. The molecule has 2 amide bonds. The fraction of sp³-hybridized carbons (Fsp3) is 0.0714. The summed E-state index contributed by atoms with van der Waals surface area (Å²) in [6.45, 7) is 0.400. The summed E-state index contributed by atoms with van der Waals surface area (Å²) >= 11 is 0. The molecule has 0 aliphatic heterocycles. The standard InChI is InChI=1S/C14H12N4O3/c19-14(16-9-10-3-5-15-6-4-10)17-13-8-12(21-18-13)11-2-1-7-20-11/h1-8H,9H2,(H2,16,17,18,19). The van der Waals surface area contributed by atoms with Gasteiger partial charge < -0.3 is 14.3 Å². The first-order valence-corrected chi connectivity index (χ1v) is 6.25. The number of nitrogens with one attached hydrogen (secondary N) is 2. The molecular weight excluding hydrogens is 272 g/mol. The van der Waals surface area contributed by atoms with Gasteiger partial charge in [0.25, 0.3) is 0 Å². The molecule has 0 unspecified atom stereocenters. The zero-order valence-corrected chi connectivity index (χ0v) is 10.9. The average Bonchev–Trinajstić information content (AvgIpc) is 3.17. The summed E-state index contributed by atoms with van der Waals surface area (Å²) in [7, 11) is 0. The maximum Gasteiger partial charge on any atom is 0.320 e. The SMILES string of the molecule is O=C(NCc1ccncc1)Nc1cc(-c2ccco2)on1. The predicted molar refractivity (Wildman–Crippen MR) is 74.3 cm³/mol. The Morgan fingerprint density at radius 1 is 1.19 bits per heavy atom. The second kappa shape index (κ2) is 5.91. The van der Waals surface area contributed by atoms with Gasteiger partial charge >= 0.3 is 6.03 Å². The zero-order valence-electron chi connectivity index (χ0n) is 10.9. The van der Waals surface area contributed by atoms with Crippen LogP contribution in [0.5, 0.6) is 0 Å². The number of rotatable bonds is 4. The Bertz CT molecular complexity index is 707. The van der Waals surface area contributed by atoms with Crippen molar-refractivity contribution in [1.29, 1.82) is 0 Å². The van der Waals surface area contributed by atoms with Crippen LogP contribution in [-0.4, -0.2) is 16.2 Å². The van der Waals surface area contributed by atoms with E-state index in [0.717, 1.165) is 5.56 Å². The lowest BCUT2D eigenvalue weighted by molar-refractivity contribution is 0.251. The van der Waals surface area contributed by atoms with Gasteiger partial charge in [-0.05, 0) is 29.8 Å². The third kappa shape index (κ3) is 3.27. The number of carbonyl (C=O) groups is 1. The van der Waals surface area contributed by atoms with Crippen LogP contribution in [0.1, 0.15) is 5.56 Å². The smallest absolute Gasteiger partial charge is 0.320 e. The van der Waals surface area contributed by atoms with E-state index in [1.54, 1.807) is 30.6 Å². The van der Waals surface area contributed by atoms with E-state index in [0.29, 0.717) is 23.9 Å². The number of carbonyl (C=O) groups excluding carboxylic acids is 1. The van der Waals surface area contributed by atoms with Crippen molar-refractivity contribution < 1.29 is 13.7 Å². The summed E-state index contributed by atoms with van der Waals surface area (Å²) < 4.78 is 10.3. The van der Waals surface area contributed by atoms with Gasteiger partial charge in [-0.15, -0.1) is 0 Å². The van der Waals surface area contributed by atoms with Crippen molar-refractivity contribution in [3.63, 3.8) is 0 Å². The van der Waals surface area contributed by atoms with Gasteiger partial charge in [-0.25, -0.2) is 4.79 Å². The molecule has 0 fully saturated rings. The lowest BCUT2D eigenvalue weighted by Crippen LogP contribution is -2.28. The van der Waals surface area contributed by atoms with Crippen molar-refractivity contribution in [2.75, 3.05) is 5.32 Å². The largest absolute Gasteiger partial charge is 0.461 e. The van der Waals surface area contributed by atoms with E-state index in [4.69, 9.17) is 8.94 Å². The van der Waals surface area contributed by atoms with Crippen molar-refractivity contribution in [3.05, 3.63) is 54.6 Å². The molecule has 7 heteroatoms. The Labute approximate surface area is 120 Å². The Morgan fingerprint density at radius 2 is 2.05 bits per heavy atom. The second-order valence-corrected chi connectivity index (χ2v) is 4.22. The zero-order chi connectivity index (χ0) is 14.5. The van der Waals surface area contributed by atoms with Gasteiger partial charge in [0.05, 0.1) is 6.26 Å². The molecule has 3 aromatic rings. The molecule has 0 bridgehead atoms. The third-order valence-corrected chi connectivity index (χ3v) is 2.72. The highest BCUT2D eigenvalue weighted by Gasteiger charge is 2.10. The molecule has 0 spiro atoms. The number of furan rings is 1. The number of pyridine rings is 1. The summed E-state index contributed by atoms with van der Waals surface area (Å²) in [5.74, 6) is 1.31. The normalized spacial score (nSPS) is 10.3. The van der Waals surface area contributed by atoms with Gasteiger partial charge in [-0.3, -0.25) is 10.3 Å². The van der Waals surface area contributed by atoms with Gasteiger partial charge in [-0.2, -0.15) is 0 Å². The van der Waals surface area contributed by atoms with Crippen molar-refractivity contribution in [1.82, 2.24) is 15.5 Å². The highest BCUT2D eigenvalue weighted by atomic mass is 16.5. The Kier molecular flexibility index (Phi) is 3.64. The quantitative estimate of drug-likeness (QED) is 0.768. The average molecular weight is 284 g/mol. The van der Waals surface area contributed by atoms with Crippen molar-refractivity contribution >= 4 is 11.8 Å². The van der Waals surface area contributed by atoms with Crippen LogP contribution >= 0.6 is 0 Å². The summed E-state index contributed by atoms with van der Waals surface area (Å²) in [6, 6.07) is 8.35. The molecule has 0 aliphatic carbocycles. The molecule has 0 saturated carbocycles. The van der Waals surface area contributed by atoms with Crippen LogP contribution in [0.2, 0.25) is 0 Å². The Morgan fingerprint density at radius 3 is 2.81 bits per heavy atom. The first-order chi connectivity index (χ1) is 10.3. The lowest BCUT2D eigenvalue weighted by Gasteiger charge is -2.04. The van der Waals surface area contributed by atoms with E-state index in [1.165, 1.54) is 6.26 Å². The molecule has 3 heterocycles. The van der Waals surface area contributed by atoms with Crippen LogP contribution in [0.4, 0.5) is 10.6 Å². The minimum absolute atomic E-state index is 0.314. The number of aromatic nitrogens is 2. The van der Waals surface area contributed by atoms with Crippen LogP contribution < -0.4 is 10.6 Å². The highest BCUT2D eigenvalue weighted by Crippen LogP contribution is 2.22. The van der Waals surface area contributed by atoms with E-state index in [1.807, 2.05) is 12.1 Å². The topological polar surface area (TPSA) is 93.2 Å². The number of urea groups is 1. The van der Waals surface area contributed by atoms with Crippen LogP contribution in [0, 0.1) is 0 Å². The molecule has 3 rings (SSSR count). The van der Waals surface area contributed by atoms with E-state index in [2.05, 4.69) is 20.8 Å². The lowest BCUT2D eigenvalue weighted by atomic mass is 10.3. The first-order valence-electron chi connectivity index (χ1n) is 6.25. The molecule has 0 atom stereocenters. The summed E-state index contributed by atoms with van der Waals surface area (Å²) in [4.78, 5) is 15.6. The second-order valence-electron chi connectivity index (χ2n) is 4.22. The van der Waals surface area contributed by atoms with Crippen molar-refractivity contribution in [3.8, 4) is 11.5 Å². The minimum Gasteiger partial charge on any atom is -0.461 e. The summed E-state index contributed by atoms with van der Waals surface area (Å²) in [5.41, 5.74) is 0.955. The van der Waals surface area contributed by atoms with Crippen LogP contribution in [0.25, 0.3) is 11.5 Å². The Balaban J connectivity index is 1.55. The predicted octanol–water partition coefficient (Wildman–Crippen LogP) is 2.65. The van der Waals surface area contributed by atoms with E-state index >= 15 is 0 Å². The maximum absolute atomic E-state index is 11.7. The minimum atomic E-state index is -0.369. The molecule has 106 valence electrons. The molecule has 0 saturated heterocycles. The van der Waals surface area contributed by atoms with Crippen LogP contribution in [0.3, 0.4) is 0 Å². The maximum atomic E-state index is 11.7. The van der Waals surface area contributed by atoms with Gasteiger partial charge in [0.15, 0.2) is 11.6 Å². The molecule has 21 heavy (non-hydrogen) atoms. The number of hydrogen-bond donors (Lipinski definition) is 2. The van der Waals surface area contributed by atoms with Crippen LogP contribution in [-0.2, 0) is 6.54 Å². The molecule has 0 aliphatic rings. The summed E-state index contributed by atoms with van der Waals surface area (Å²) in [5, 5.41) is 9.04. The van der Waals surface area contributed by atoms with Gasteiger partial charge in [-0.1, -0.05) is 5.16 Å². The van der Waals surface area contributed by atoms with Crippen LogP contribution in [0.15, 0.2) is 57.9 Å². The number of anilines is 1. The van der Waals surface area contributed by atoms with Crippen molar-refractivity contribution in [2.45, 2.75) is 6.54 Å². The van der Waals surface area contributed by atoms with Gasteiger partial charge in [0.1, 0.15) is 0 Å². The molecule has 7 nitrogen and oxygen atoms in total. The third-order valence-electron chi connectivity index (χ3n) is 2.72. The molecule has 0 aromatic carbocycles. The number of nitrogens with zero attached hydrogens (tertiary/aromatic N) is 2.